The Kier molecular flexibility index (Phi) is 4.19. The van der Waals surface area contributed by atoms with Gasteiger partial charge >= 0.3 is 0 Å². The van der Waals surface area contributed by atoms with E-state index in [2.05, 4.69) is 10.0 Å². The lowest BCUT2D eigenvalue weighted by atomic mass is 10.2. The standard InChI is InChI=1S/C10H12N4O/c1-9-2-4-10(5-3-9)14(8-15)7-6-12-13-11/h2-5,8H,6-7H2,1H3. The van der Waals surface area contributed by atoms with Gasteiger partial charge < -0.3 is 4.90 Å². The molecule has 0 saturated carbocycles. The summed E-state index contributed by atoms with van der Waals surface area (Å²) < 4.78 is 0. The minimum absolute atomic E-state index is 0.281. The van der Waals surface area contributed by atoms with E-state index < -0.39 is 0 Å². The summed E-state index contributed by atoms with van der Waals surface area (Å²) in [6.07, 6.45) is 0.734. The van der Waals surface area contributed by atoms with E-state index >= 15 is 0 Å². The van der Waals surface area contributed by atoms with Crippen LogP contribution in [0.4, 0.5) is 5.69 Å². The van der Waals surface area contributed by atoms with Crippen LogP contribution in [0.3, 0.4) is 0 Å². The molecule has 0 aliphatic heterocycles. The number of nitrogens with zero attached hydrogens (tertiary/aromatic N) is 4. The largest absolute Gasteiger partial charge is 0.315 e. The van der Waals surface area contributed by atoms with Crippen molar-refractivity contribution in [2.24, 2.45) is 5.11 Å². The number of anilines is 1. The van der Waals surface area contributed by atoms with Crippen LogP contribution >= 0.6 is 0 Å². The maximum atomic E-state index is 10.8. The predicted molar refractivity (Wildman–Crippen MR) is 58.6 cm³/mol. The topological polar surface area (TPSA) is 69.1 Å². The van der Waals surface area contributed by atoms with Gasteiger partial charge in [0.05, 0.1) is 0 Å². The van der Waals surface area contributed by atoms with Crippen molar-refractivity contribution in [3.63, 3.8) is 0 Å². The number of rotatable bonds is 5. The van der Waals surface area contributed by atoms with Gasteiger partial charge in [0.1, 0.15) is 0 Å². The lowest BCUT2D eigenvalue weighted by Crippen LogP contribution is -2.23. The van der Waals surface area contributed by atoms with E-state index in [0.717, 1.165) is 17.7 Å². The van der Waals surface area contributed by atoms with Crippen molar-refractivity contribution in [1.29, 1.82) is 0 Å². The zero-order valence-electron chi connectivity index (χ0n) is 8.50. The number of azide groups is 1. The van der Waals surface area contributed by atoms with Gasteiger partial charge in [-0.15, -0.1) is 0 Å². The molecule has 78 valence electrons. The average Bonchev–Trinajstić information content (AvgIpc) is 2.26. The molecular formula is C10H12N4O. The molecule has 1 amide bonds. The third kappa shape index (κ3) is 3.32. The Bertz CT molecular complexity index is 368. The van der Waals surface area contributed by atoms with Crippen molar-refractivity contribution in [1.82, 2.24) is 0 Å². The van der Waals surface area contributed by atoms with Crippen molar-refractivity contribution in [2.75, 3.05) is 18.0 Å². The highest BCUT2D eigenvalue weighted by molar-refractivity contribution is 5.74. The molecule has 5 heteroatoms. The molecule has 0 saturated heterocycles. The maximum Gasteiger partial charge on any atom is 0.214 e. The van der Waals surface area contributed by atoms with Crippen LogP contribution in [0.25, 0.3) is 10.4 Å². The fraction of sp³-hybridized carbons (Fsp3) is 0.300. The third-order valence-electron chi connectivity index (χ3n) is 2.00. The fourth-order valence-electron chi connectivity index (χ4n) is 1.18. The number of aryl methyl sites for hydroxylation is 1. The average molecular weight is 204 g/mol. The highest BCUT2D eigenvalue weighted by Crippen LogP contribution is 2.12. The Hall–Kier alpha value is -2.00. The van der Waals surface area contributed by atoms with Gasteiger partial charge in [0, 0.05) is 23.7 Å². The number of hydrogen-bond acceptors (Lipinski definition) is 2. The first-order chi connectivity index (χ1) is 7.27. The van der Waals surface area contributed by atoms with Gasteiger partial charge in [-0.1, -0.05) is 22.8 Å². The molecular weight excluding hydrogens is 192 g/mol. The number of hydrogen-bond donors (Lipinski definition) is 0. The van der Waals surface area contributed by atoms with Gasteiger partial charge in [0.15, 0.2) is 0 Å². The Morgan fingerprint density at radius 2 is 2.13 bits per heavy atom. The molecule has 5 nitrogen and oxygen atoms in total. The van der Waals surface area contributed by atoms with Crippen LogP contribution in [0.2, 0.25) is 0 Å². The Morgan fingerprint density at radius 1 is 1.47 bits per heavy atom. The van der Waals surface area contributed by atoms with Crippen molar-refractivity contribution in [2.45, 2.75) is 6.92 Å². The minimum atomic E-state index is 0.281. The maximum absolute atomic E-state index is 10.8. The molecule has 0 radical (unpaired) electrons. The molecule has 0 spiro atoms. The molecule has 0 aliphatic rings. The summed E-state index contributed by atoms with van der Waals surface area (Å²) in [4.78, 5) is 14.9. The molecule has 0 fully saturated rings. The Balaban J connectivity index is 2.69. The zero-order valence-corrected chi connectivity index (χ0v) is 8.50. The van der Waals surface area contributed by atoms with Gasteiger partial charge in [0.25, 0.3) is 0 Å². The van der Waals surface area contributed by atoms with Crippen LogP contribution in [0.15, 0.2) is 29.4 Å². The second kappa shape index (κ2) is 5.67. The summed E-state index contributed by atoms with van der Waals surface area (Å²) in [6.45, 7) is 2.66. The molecule has 0 heterocycles. The van der Waals surface area contributed by atoms with E-state index in [1.807, 2.05) is 31.2 Å². The number of amides is 1. The number of benzene rings is 1. The molecule has 0 atom stereocenters. The molecule has 0 unspecified atom stereocenters. The number of carbonyl (C=O) groups is 1. The van der Waals surface area contributed by atoms with Crippen LogP contribution < -0.4 is 4.90 Å². The highest BCUT2D eigenvalue weighted by atomic mass is 16.1. The van der Waals surface area contributed by atoms with Crippen LogP contribution in [0.1, 0.15) is 5.56 Å². The summed E-state index contributed by atoms with van der Waals surface area (Å²) in [6, 6.07) is 7.58. The summed E-state index contributed by atoms with van der Waals surface area (Å²) in [5.41, 5.74) is 10.1. The molecule has 0 bridgehead atoms. The molecule has 0 aromatic heterocycles. The van der Waals surface area contributed by atoms with Crippen LogP contribution in [-0.2, 0) is 4.79 Å². The molecule has 1 aromatic carbocycles. The summed E-state index contributed by atoms with van der Waals surface area (Å²) in [7, 11) is 0. The van der Waals surface area contributed by atoms with E-state index in [0.29, 0.717) is 6.54 Å². The minimum Gasteiger partial charge on any atom is -0.315 e. The summed E-state index contributed by atoms with van der Waals surface area (Å²) in [5, 5.41) is 3.38. The van der Waals surface area contributed by atoms with Crippen LogP contribution in [0.5, 0.6) is 0 Å². The Morgan fingerprint density at radius 3 is 2.67 bits per heavy atom. The first-order valence-corrected chi connectivity index (χ1v) is 4.57. The zero-order chi connectivity index (χ0) is 11.1. The second-order valence-corrected chi connectivity index (χ2v) is 3.09. The molecule has 0 N–H and O–H groups in total. The van der Waals surface area contributed by atoms with Gasteiger partial charge in [-0.05, 0) is 24.6 Å². The van der Waals surface area contributed by atoms with E-state index in [9.17, 15) is 4.79 Å². The third-order valence-corrected chi connectivity index (χ3v) is 2.00. The highest BCUT2D eigenvalue weighted by Gasteiger charge is 2.02. The molecule has 15 heavy (non-hydrogen) atoms. The van der Waals surface area contributed by atoms with Crippen molar-refractivity contribution in [3.8, 4) is 0 Å². The first kappa shape index (κ1) is 11.1. The first-order valence-electron chi connectivity index (χ1n) is 4.57. The summed E-state index contributed by atoms with van der Waals surface area (Å²) >= 11 is 0. The smallest absolute Gasteiger partial charge is 0.214 e. The van der Waals surface area contributed by atoms with Gasteiger partial charge in [-0.3, -0.25) is 4.79 Å². The van der Waals surface area contributed by atoms with Gasteiger partial charge in [0.2, 0.25) is 6.41 Å². The molecule has 0 aliphatic carbocycles. The van der Waals surface area contributed by atoms with E-state index in [1.54, 1.807) is 0 Å². The predicted octanol–water partition coefficient (Wildman–Crippen LogP) is 2.27. The summed E-state index contributed by atoms with van der Waals surface area (Å²) in [5.74, 6) is 0. The van der Waals surface area contributed by atoms with E-state index in [4.69, 9.17) is 5.53 Å². The van der Waals surface area contributed by atoms with E-state index in [-0.39, 0.29) is 6.54 Å². The number of carbonyl (C=O) groups excluding carboxylic acids is 1. The SMILES string of the molecule is Cc1ccc(N(C=O)CCN=[N+]=[N-])cc1. The Labute approximate surface area is 87.9 Å². The monoisotopic (exact) mass is 204 g/mol. The molecule has 1 aromatic rings. The molecule has 1 rings (SSSR count). The van der Waals surface area contributed by atoms with Crippen molar-refractivity contribution in [3.05, 3.63) is 40.3 Å². The fourth-order valence-corrected chi connectivity index (χ4v) is 1.18. The quantitative estimate of drug-likeness (QED) is 0.314. The lowest BCUT2D eigenvalue weighted by molar-refractivity contribution is -0.107. The van der Waals surface area contributed by atoms with Crippen LogP contribution in [0, 0.1) is 6.92 Å². The van der Waals surface area contributed by atoms with Crippen molar-refractivity contribution < 1.29 is 4.79 Å². The normalized spacial score (nSPS) is 9.13. The van der Waals surface area contributed by atoms with Crippen LogP contribution in [-0.4, -0.2) is 19.5 Å². The van der Waals surface area contributed by atoms with Crippen molar-refractivity contribution >= 4 is 12.1 Å². The van der Waals surface area contributed by atoms with Gasteiger partial charge in [-0.2, -0.15) is 0 Å². The second-order valence-electron chi connectivity index (χ2n) is 3.09. The van der Waals surface area contributed by atoms with E-state index in [1.165, 1.54) is 4.90 Å². The van der Waals surface area contributed by atoms with Gasteiger partial charge in [-0.25, -0.2) is 0 Å². The lowest BCUT2D eigenvalue weighted by Gasteiger charge is -2.15.